The van der Waals surface area contributed by atoms with Crippen LogP contribution in [0.3, 0.4) is 0 Å². The third-order valence-electron chi connectivity index (χ3n) is 5.64. The van der Waals surface area contributed by atoms with Crippen LogP contribution < -0.4 is 10.1 Å². The second-order valence-corrected chi connectivity index (χ2v) is 7.64. The largest absolute Gasteiger partial charge is 0.481 e. The lowest BCUT2D eigenvalue weighted by Gasteiger charge is -2.21. The Bertz CT molecular complexity index is 995. The van der Waals surface area contributed by atoms with Crippen molar-refractivity contribution in [1.29, 1.82) is 0 Å². The van der Waals surface area contributed by atoms with E-state index >= 15 is 0 Å². The van der Waals surface area contributed by atoms with E-state index in [0.717, 1.165) is 28.5 Å². The molecule has 1 N–H and O–H groups in total. The Morgan fingerprint density at radius 3 is 2.61 bits per heavy atom. The molecule has 0 aliphatic heterocycles. The summed E-state index contributed by atoms with van der Waals surface area (Å²) < 4.78 is 6.03. The predicted molar refractivity (Wildman–Crippen MR) is 114 cm³/mol. The zero-order valence-electron chi connectivity index (χ0n) is 16.6. The number of hydrogen-bond donors (Lipinski definition) is 1. The van der Waals surface area contributed by atoms with E-state index in [2.05, 4.69) is 35.6 Å². The highest BCUT2D eigenvalue weighted by Crippen LogP contribution is 2.26. The van der Waals surface area contributed by atoms with Crippen LogP contribution in [0.2, 0.25) is 0 Å². The number of aryl methyl sites for hydroxylation is 2. The fraction of sp³-hybridized carbons (Fsp3) is 0.320. The van der Waals surface area contributed by atoms with Gasteiger partial charge in [0.2, 0.25) is 0 Å². The Kier molecular flexibility index (Phi) is 5.34. The molecule has 28 heavy (non-hydrogen) atoms. The Labute approximate surface area is 166 Å². The van der Waals surface area contributed by atoms with E-state index in [1.165, 1.54) is 24.0 Å². The van der Waals surface area contributed by atoms with Gasteiger partial charge < -0.3 is 10.1 Å². The minimum absolute atomic E-state index is 0.0346. The number of rotatable bonds is 6. The summed E-state index contributed by atoms with van der Waals surface area (Å²) in [5.41, 5.74) is 4.04. The van der Waals surface area contributed by atoms with E-state index in [1.54, 1.807) is 0 Å². The third kappa shape index (κ3) is 3.89. The summed E-state index contributed by atoms with van der Waals surface area (Å²) in [6, 6.07) is 20.7. The Balaban J connectivity index is 1.44. The van der Waals surface area contributed by atoms with Crippen molar-refractivity contribution in [1.82, 2.24) is 5.32 Å². The quantitative estimate of drug-likeness (QED) is 0.631. The molecule has 0 spiro atoms. The molecule has 3 aromatic carbocycles. The summed E-state index contributed by atoms with van der Waals surface area (Å²) in [5.74, 6) is 0.662. The van der Waals surface area contributed by atoms with E-state index in [4.69, 9.17) is 4.74 Å². The molecule has 0 bridgehead atoms. The molecule has 3 aromatic rings. The van der Waals surface area contributed by atoms with Gasteiger partial charge in [-0.2, -0.15) is 0 Å². The predicted octanol–water partition coefficient (Wildman–Crippen LogP) is 5.36. The van der Waals surface area contributed by atoms with Gasteiger partial charge in [-0.1, -0.05) is 55.5 Å². The molecule has 2 atom stereocenters. The topological polar surface area (TPSA) is 38.3 Å². The first-order valence-corrected chi connectivity index (χ1v) is 10.2. The first kappa shape index (κ1) is 18.5. The van der Waals surface area contributed by atoms with E-state index < -0.39 is 6.10 Å². The number of carbonyl (C=O) groups excluding carboxylic acids is 1. The zero-order valence-corrected chi connectivity index (χ0v) is 16.6. The van der Waals surface area contributed by atoms with Crippen molar-refractivity contribution < 1.29 is 9.53 Å². The van der Waals surface area contributed by atoms with E-state index in [1.807, 2.05) is 44.2 Å². The molecular formula is C25H27NO2. The number of benzene rings is 3. The number of fused-ring (bicyclic) bond motifs is 2. The number of carbonyl (C=O) groups is 1. The lowest BCUT2D eigenvalue weighted by atomic mass is 10.0. The first-order valence-electron chi connectivity index (χ1n) is 10.2. The fourth-order valence-electron chi connectivity index (χ4n) is 3.98. The molecule has 4 rings (SSSR count). The van der Waals surface area contributed by atoms with Crippen LogP contribution in [0.1, 0.15) is 49.4 Å². The van der Waals surface area contributed by atoms with Gasteiger partial charge in [-0.15, -0.1) is 0 Å². The Morgan fingerprint density at radius 1 is 1.00 bits per heavy atom. The normalized spacial score (nSPS) is 15.1. The Morgan fingerprint density at radius 2 is 1.79 bits per heavy atom. The third-order valence-corrected chi connectivity index (χ3v) is 5.64. The minimum Gasteiger partial charge on any atom is -0.481 e. The van der Waals surface area contributed by atoms with Crippen molar-refractivity contribution in [2.24, 2.45) is 0 Å². The molecule has 0 saturated heterocycles. The molecule has 0 heterocycles. The van der Waals surface area contributed by atoms with Crippen LogP contribution in [0.4, 0.5) is 0 Å². The molecular weight excluding hydrogens is 346 g/mol. The SMILES string of the molecule is CC[C@H](Oc1ccc2ccccc2c1)C(=O)N[C@H](C)c1ccc2c(c1)CCC2. The number of ether oxygens (including phenoxy) is 1. The smallest absolute Gasteiger partial charge is 0.261 e. The molecule has 1 aliphatic carbocycles. The summed E-state index contributed by atoms with van der Waals surface area (Å²) in [4.78, 5) is 12.8. The van der Waals surface area contributed by atoms with E-state index in [-0.39, 0.29) is 11.9 Å². The average molecular weight is 373 g/mol. The van der Waals surface area contributed by atoms with Gasteiger partial charge in [-0.25, -0.2) is 0 Å². The Hall–Kier alpha value is -2.81. The highest BCUT2D eigenvalue weighted by atomic mass is 16.5. The van der Waals surface area contributed by atoms with Crippen LogP contribution in [-0.4, -0.2) is 12.0 Å². The molecule has 0 unspecified atom stereocenters. The number of hydrogen-bond acceptors (Lipinski definition) is 2. The monoisotopic (exact) mass is 373 g/mol. The molecule has 0 saturated carbocycles. The van der Waals surface area contributed by atoms with Crippen molar-refractivity contribution >= 4 is 16.7 Å². The van der Waals surface area contributed by atoms with Gasteiger partial charge in [0.05, 0.1) is 6.04 Å². The van der Waals surface area contributed by atoms with Gasteiger partial charge in [0.25, 0.3) is 5.91 Å². The van der Waals surface area contributed by atoms with Crippen LogP contribution in [0, 0.1) is 0 Å². The van der Waals surface area contributed by atoms with Gasteiger partial charge in [0.1, 0.15) is 5.75 Å². The molecule has 0 fully saturated rings. The number of nitrogens with one attached hydrogen (secondary N) is 1. The van der Waals surface area contributed by atoms with Gasteiger partial charge in [0, 0.05) is 0 Å². The average Bonchev–Trinajstić information content (AvgIpc) is 3.19. The zero-order chi connectivity index (χ0) is 19.5. The summed E-state index contributed by atoms with van der Waals surface area (Å²) >= 11 is 0. The maximum absolute atomic E-state index is 12.8. The molecule has 1 aliphatic rings. The highest BCUT2D eigenvalue weighted by molar-refractivity contribution is 5.84. The lowest BCUT2D eigenvalue weighted by molar-refractivity contribution is -0.128. The molecule has 3 heteroatoms. The number of amides is 1. The van der Waals surface area contributed by atoms with Crippen molar-refractivity contribution in [3.05, 3.63) is 77.4 Å². The van der Waals surface area contributed by atoms with Crippen LogP contribution >= 0.6 is 0 Å². The first-order chi connectivity index (χ1) is 13.6. The second kappa shape index (κ2) is 8.05. The van der Waals surface area contributed by atoms with Crippen molar-refractivity contribution in [2.45, 2.75) is 51.7 Å². The standard InChI is InChI=1S/C25H27NO2/c1-3-24(28-23-14-13-18-7-4-5-8-22(18)16-23)25(27)26-17(2)20-12-11-19-9-6-10-21(19)15-20/h4-5,7-8,11-17,24H,3,6,9-10H2,1-2H3,(H,26,27)/t17-,24+/m1/s1. The minimum atomic E-state index is -0.502. The van der Waals surface area contributed by atoms with Gasteiger partial charge >= 0.3 is 0 Å². The van der Waals surface area contributed by atoms with Crippen LogP contribution in [-0.2, 0) is 17.6 Å². The molecule has 144 valence electrons. The molecule has 1 amide bonds. The van der Waals surface area contributed by atoms with Crippen molar-refractivity contribution in [3.8, 4) is 5.75 Å². The molecule has 3 nitrogen and oxygen atoms in total. The summed E-state index contributed by atoms with van der Waals surface area (Å²) in [6.45, 7) is 4.02. The summed E-state index contributed by atoms with van der Waals surface area (Å²) in [7, 11) is 0. The lowest BCUT2D eigenvalue weighted by Crippen LogP contribution is -2.39. The van der Waals surface area contributed by atoms with Crippen molar-refractivity contribution in [2.75, 3.05) is 0 Å². The van der Waals surface area contributed by atoms with E-state index in [9.17, 15) is 4.79 Å². The van der Waals surface area contributed by atoms with E-state index in [0.29, 0.717) is 6.42 Å². The van der Waals surface area contributed by atoms with Gasteiger partial charge in [-0.05, 0) is 72.2 Å². The molecule has 0 radical (unpaired) electrons. The van der Waals surface area contributed by atoms with Gasteiger partial charge in [-0.3, -0.25) is 4.79 Å². The summed E-state index contributed by atoms with van der Waals surface area (Å²) in [5, 5.41) is 5.41. The molecule has 0 aromatic heterocycles. The maximum Gasteiger partial charge on any atom is 0.261 e. The fourth-order valence-corrected chi connectivity index (χ4v) is 3.98. The maximum atomic E-state index is 12.8. The van der Waals surface area contributed by atoms with Crippen molar-refractivity contribution in [3.63, 3.8) is 0 Å². The van der Waals surface area contributed by atoms with Crippen LogP contribution in [0.15, 0.2) is 60.7 Å². The van der Waals surface area contributed by atoms with Crippen LogP contribution in [0.5, 0.6) is 5.75 Å². The second-order valence-electron chi connectivity index (χ2n) is 7.64. The summed E-state index contributed by atoms with van der Waals surface area (Å²) in [6.07, 6.45) is 3.67. The van der Waals surface area contributed by atoms with Crippen LogP contribution in [0.25, 0.3) is 10.8 Å². The van der Waals surface area contributed by atoms with Gasteiger partial charge in [0.15, 0.2) is 6.10 Å². The highest BCUT2D eigenvalue weighted by Gasteiger charge is 2.21.